The predicted molar refractivity (Wildman–Crippen MR) is 146 cm³/mol. The second-order valence-corrected chi connectivity index (χ2v) is 9.09. The summed E-state index contributed by atoms with van der Waals surface area (Å²) in [6.07, 6.45) is 0.178. The summed E-state index contributed by atoms with van der Waals surface area (Å²) < 4.78 is 5.44. The third-order valence-electron chi connectivity index (χ3n) is 6.11. The van der Waals surface area contributed by atoms with Crippen molar-refractivity contribution in [1.29, 1.82) is 0 Å². The maximum Gasteiger partial charge on any atom is 0.247 e. The Morgan fingerprint density at radius 2 is 1.43 bits per heavy atom. The van der Waals surface area contributed by atoms with E-state index in [2.05, 4.69) is 5.32 Å². The monoisotopic (exact) mass is 512 g/mol. The average molecular weight is 513 g/mol. The van der Waals surface area contributed by atoms with E-state index >= 15 is 0 Å². The third-order valence-corrected chi connectivity index (χ3v) is 6.36. The van der Waals surface area contributed by atoms with Gasteiger partial charge in [0.15, 0.2) is 0 Å². The highest BCUT2D eigenvalue weighted by molar-refractivity contribution is 6.30. The van der Waals surface area contributed by atoms with Crippen LogP contribution in [0.5, 0.6) is 5.75 Å². The molecule has 0 aliphatic carbocycles. The summed E-state index contributed by atoms with van der Waals surface area (Å²) in [4.78, 5) is 29.2. The molecular weight excluding hydrogens is 484 g/mol. The van der Waals surface area contributed by atoms with Crippen LogP contribution >= 0.6 is 11.6 Å². The van der Waals surface area contributed by atoms with Crippen LogP contribution in [0.25, 0.3) is 0 Å². The zero-order chi connectivity index (χ0) is 26.0. The second kappa shape index (κ2) is 12.7. The smallest absolute Gasteiger partial charge is 0.247 e. The number of amides is 2. The van der Waals surface area contributed by atoms with Gasteiger partial charge in [0.05, 0.1) is 13.5 Å². The van der Waals surface area contributed by atoms with Crippen LogP contribution in [0, 0.1) is 0 Å². The van der Waals surface area contributed by atoms with E-state index in [1.54, 1.807) is 24.1 Å². The predicted octanol–water partition coefficient (Wildman–Crippen LogP) is 5.98. The Hall–Kier alpha value is -4.09. The van der Waals surface area contributed by atoms with Crippen molar-refractivity contribution in [2.24, 2.45) is 0 Å². The summed E-state index contributed by atoms with van der Waals surface area (Å²) in [5.41, 5.74) is 3.35. The standard InChI is InChI=1S/C31H29ClN2O3/c1-37-28-15-9-8-14-26(28)21-33-31(36)30(25-12-6-3-7-13-25)34(22-24-16-18-27(32)19-17-24)29(35)20-23-10-4-2-5-11-23/h2-19,30H,20-22H2,1H3,(H,33,36)/t30-/m1/s1. The van der Waals surface area contributed by atoms with Crippen molar-refractivity contribution in [3.05, 3.63) is 136 Å². The van der Waals surface area contributed by atoms with Gasteiger partial charge in [0.25, 0.3) is 0 Å². The summed E-state index contributed by atoms with van der Waals surface area (Å²) in [5, 5.41) is 3.64. The molecule has 37 heavy (non-hydrogen) atoms. The van der Waals surface area contributed by atoms with Crippen molar-refractivity contribution in [3.63, 3.8) is 0 Å². The quantitative estimate of drug-likeness (QED) is 0.284. The molecule has 0 saturated carbocycles. The summed E-state index contributed by atoms with van der Waals surface area (Å²) in [6, 6.07) is 33.0. The van der Waals surface area contributed by atoms with Gasteiger partial charge in [-0.2, -0.15) is 0 Å². The van der Waals surface area contributed by atoms with Gasteiger partial charge in [0, 0.05) is 23.7 Å². The minimum atomic E-state index is -0.831. The number of benzene rings is 4. The van der Waals surface area contributed by atoms with Crippen LogP contribution < -0.4 is 10.1 Å². The van der Waals surface area contributed by atoms with Crippen LogP contribution in [-0.2, 0) is 29.1 Å². The molecule has 4 aromatic carbocycles. The lowest BCUT2D eigenvalue weighted by Crippen LogP contribution is -2.43. The molecule has 5 nitrogen and oxygen atoms in total. The molecule has 0 aromatic heterocycles. The number of carbonyl (C=O) groups is 2. The van der Waals surface area contributed by atoms with E-state index in [-0.39, 0.29) is 31.3 Å². The summed E-state index contributed by atoms with van der Waals surface area (Å²) in [7, 11) is 1.60. The third kappa shape index (κ3) is 6.99. The Balaban J connectivity index is 1.67. The minimum Gasteiger partial charge on any atom is -0.496 e. The highest BCUT2D eigenvalue weighted by Gasteiger charge is 2.31. The lowest BCUT2D eigenvalue weighted by atomic mass is 10.0. The van der Waals surface area contributed by atoms with E-state index < -0.39 is 6.04 Å². The van der Waals surface area contributed by atoms with Crippen molar-refractivity contribution in [3.8, 4) is 5.75 Å². The van der Waals surface area contributed by atoms with Crippen LogP contribution in [0.4, 0.5) is 0 Å². The number of nitrogens with one attached hydrogen (secondary N) is 1. The molecule has 0 radical (unpaired) electrons. The van der Waals surface area contributed by atoms with Crippen LogP contribution in [-0.4, -0.2) is 23.8 Å². The zero-order valence-electron chi connectivity index (χ0n) is 20.6. The van der Waals surface area contributed by atoms with Crippen LogP contribution in [0.2, 0.25) is 5.02 Å². The number of ether oxygens (including phenoxy) is 1. The molecule has 4 rings (SSSR count). The normalized spacial score (nSPS) is 11.4. The molecule has 4 aromatic rings. The maximum atomic E-state index is 13.8. The Labute approximate surface area is 222 Å². The number of halogens is 1. The first-order valence-corrected chi connectivity index (χ1v) is 12.5. The van der Waals surface area contributed by atoms with Gasteiger partial charge in [-0.05, 0) is 34.9 Å². The van der Waals surface area contributed by atoms with Gasteiger partial charge in [0.2, 0.25) is 11.8 Å². The van der Waals surface area contributed by atoms with E-state index in [0.717, 1.165) is 22.3 Å². The first kappa shape index (κ1) is 26.0. The lowest BCUT2D eigenvalue weighted by molar-refractivity contribution is -0.141. The van der Waals surface area contributed by atoms with Gasteiger partial charge in [-0.1, -0.05) is 103 Å². The van der Waals surface area contributed by atoms with Crippen LogP contribution in [0.1, 0.15) is 28.3 Å². The van der Waals surface area contributed by atoms with Crippen molar-refractivity contribution in [2.45, 2.75) is 25.6 Å². The Bertz CT molecular complexity index is 1310. The average Bonchev–Trinajstić information content (AvgIpc) is 2.94. The number of nitrogens with zero attached hydrogens (tertiary/aromatic N) is 1. The van der Waals surface area contributed by atoms with Crippen molar-refractivity contribution < 1.29 is 14.3 Å². The SMILES string of the molecule is COc1ccccc1CNC(=O)[C@@H](c1ccccc1)N(Cc1ccc(Cl)cc1)C(=O)Cc1ccccc1. The first-order chi connectivity index (χ1) is 18.0. The molecular formula is C31H29ClN2O3. The van der Waals surface area contributed by atoms with Crippen molar-refractivity contribution in [2.75, 3.05) is 7.11 Å². The van der Waals surface area contributed by atoms with Crippen molar-refractivity contribution in [1.82, 2.24) is 10.2 Å². The summed E-state index contributed by atoms with van der Waals surface area (Å²) in [5.74, 6) is 0.271. The van der Waals surface area contributed by atoms with Crippen LogP contribution in [0.15, 0.2) is 109 Å². The molecule has 2 amide bonds. The summed E-state index contributed by atoms with van der Waals surface area (Å²) >= 11 is 6.10. The number of methoxy groups -OCH3 is 1. The molecule has 0 heterocycles. The number of para-hydroxylation sites is 1. The molecule has 0 aliphatic heterocycles. The Kier molecular flexibility index (Phi) is 8.95. The fraction of sp³-hybridized carbons (Fsp3) is 0.161. The highest BCUT2D eigenvalue weighted by Crippen LogP contribution is 2.26. The Morgan fingerprint density at radius 3 is 2.11 bits per heavy atom. The van der Waals surface area contributed by atoms with Crippen LogP contribution in [0.3, 0.4) is 0 Å². The molecule has 0 unspecified atom stereocenters. The highest BCUT2D eigenvalue weighted by atomic mass is 35.5. The number of rotatable bonds is 10. The van der Waals surface area contributed by atoms with E-state index in [1.165, 1.54) is 0 Å². The van der Waals surface area contributed by atoms with Gasteiger partial charge in [-0.15, -0.1) is 0 Å². The molecule has 0 aliphatic rings. The number of hydrogen-bond donors (Lipinski definition) is 1. The number of carbonyl (C=O) groups excluding carboxylic acids is 2. The lowest BCUT2D eigenvalue weighted by Gasteiger charge is -2.32. The van der Waals surface area contributed by atoms with Gasteiger partial charge in [-0.3, -0.25) is 9.59 Å². The summed E-state index contributed by atoms with van der Waals surface area (Å²) in [6.45, 7) is 0.526. The number of hydrogen-bond acceptors (Lipinski definition) is 3. The van der Waals surface area contributed by atoms with E-state index in [0.29, 0.717) is 10.8 Å². The van der Waals surface area contributed by atoms with E-state index in [4.69, 9.17) is 16.3 Å². The largest absolute Gasteiger partial charge is 0.496 e. The zero-order valence-corrected chi connectivity index (χ0v) is 21.4. The van der Waals surface area contributed by atoms with Gasteiger partial charge in [-0.25, -0.2) is 0 Å². The molecule has 0 fully saturated rings. The van der Waals surface area contributed by atoms with Gasteiger partial charge in [0.1, 0.15) is 11.8 Å². The van der Waals surface area contributed by atoms with Crippen molar-refractivity contribution >= 4 is 23.4 Å². The van der Waals surface area contributed by atoms with Gasteiger partial charge < -0.3 is 15.0 Å². The maximum absolute atomic E-state index is 13.8. The fourth-order valence-corrected chi connectivity index (χ4v) is 4.34. The molecule has 188 valence electrons. The minimum absolute atomic E-state index is 0.151. The van der Waals surface area contributed by atoms with E-state index in [9.17, 15) is 9.59 Å². The molecule has 1 N–H and O–H groups in total. The van der Waals surface area contributed by atoms with E-state index in [1.807, 2.05) is 97.1 Å². The molecule has 0 bridgehead atoms. The molecule has 0 spiro atoms. The first-order valence-electron chi connectivity index (χ1n) is 12.1. The topological polar surface area (TPSA) is 58.6 Å². The second-order valence-electron chi connectivity index (χ2n) is 8.65. The molecule has 0 saturated heterocycles. The fourth-order valence-electron chi connectivity index (χ4n) is 4.22. The Morgan fingerprint density at radius 1 is 0.811 bits per heavy atom. The van der Waals surface area contributed by atoms with Gasteiger partial charge >= 0.3 is 0 Å². The molecule has 6 heteroatoms. The molecule has 1 atom stereocenters.